The quantitative estimate of drug-likeness (QED) is 0.443. The molecule has 1 atom stereocenters. The lowest BCUT2D eigenvalue weighted by molar-refractivity contribution is -0.160. The summed E-state index contributed by atoms with van der Waals surface area (Å²) in [7, 11) is 2.32. The minimum Gasteiger partial charge on any atom is -0.468 e. The molecule has 1 rings (SSSR count). The first-order valence-corrected chi connectivity index (χ1v) is 6.18. The van der Waals surface area contributed by atoms with Gasteiger partial charge in [0.25, 0.3) is 0 Å². The van der Waals surface area contributed by atoms with Crippen LogP contribution in [0.15, 0.2) is 24.3 Å². The molecule has 0 bridgehead atoms. The fourth-order valence-electron chi connectivity index (χ4n) is 2.05. The first-order chi connectivity index (χ1) is 10.1. The summed E-state index contributed by atoms with van der Waals surface area (Å²) >= 11 is 0. The maximum absolute atomic E-state index is 11.8. The van der Waals surface area contributed by atoms with Crippen LogP contribution in [0.2, 0.25) is 0 Å². The van der Waals surface area contributed by atoms with E-state index in [1.165, 1.54) is 0 Å². The number of nitrogens with zero attached hydrogens (tertiary/aromatic N) is 1. The average Bonchev–Trinajstić information content (AvgIpc) is 2.53. The number of rotatable bonds is 6. The van der Waals surface area contributed by atoms with Crippen LogP contribution in [0.3, 0.4) is 0 Å². The normalized spacial score (nSPS) is 11.3. The van der Waals surface area contributed by atoms with Crippen molar-refractivity contribution in [2.75, 3.05) is 14.2 Å². The van der Waals surface area contributed by atoms with Crippen molar-refractivity contribution in [3.05, 3.63) is 35.4 Å². The van der Waals surface area contributed by atoms with Crippen LogP contribution in [-0.2, 0) is 23.9 Å². The van der Waals surface area contributed by atoms with Gasteiger partial charge in [0, 0.05) is 12.3 Å². The summed E-state index contributed by atoms with van der Waals surface area (Å²) in [6.07, 6.45) is 0.586. The summed E-state index contributed by atoms with van der Waals surface area (Å²) < 4.78 is 9.24. The van der Waals surface area contributed by atoms with Crippen molar-refractivity contribution >= 4 is 18.2 Å². The lowest BCUT2D eigenvalue weighted by Crippen LogP contribution is -2.32. The highest BCUT2D eigenvalue weighted by atomic mass is 16.5. The largest absolute Gasteiger partial charge is 0.468 e. The molecular formula is C15H15NO5. The maximum atomic E-state index is 11.8. The Kier molecular flexibility index (Phi) is 6.08. The highest BCUT2D eigenvalue weighted by Crippen LogP contribution is 2.29. The van der Waals surface area contributed by atoms with Crippen LogP contribution in [0.1, 0.15) is 23.5 Å². The summed E-state index contributed by atoms with van der Waals surface area (Å²) in [6.45, 7) is 0. The van der Waals surface area contributed by atoms with Gasteiger partial charge < -0.3 is 14.3 Å². The number of carbonyl (C=O) groups is 3. The molecule has 0 spiro atoms. The lowest BCUT2D eigenvalue weighted by atomic mass is 9.83. The third-order valence-corrected chi connectivity index (χ3v) is 3.13. The van der Waals surface area contributed by atoms with E-state index in [0.29, 0.717) is 17.4 Å². The van der Waals surface area contributed by atoms with Crippen LogP contribution in [0.5, 0.6) is 0 Å². The Balaban J connectivity index is 3.22. The molecule has 0 aliphatic rings. The van der Waals surface area contributed by atoms with Gasteiger partial charge in [-0.25, -0.2) is 0 Å². The number of benzene rings is 1. The van der Waals surface area contributed by atoms with Gasteiger partial charge >= 0.3 is 11.9 Å². The molecule has 0 radical (unpaired) electrons. The zero-order chi connectivity index (χ0) is 15.8. The van der Waals surface area contributed by atoms with Gasteiger partial charge in [0.1, 0.15) is 6.29 Å². The van der Waals surface area contributed by atoms with Crippen molar-refractivity contribution in [3.8, 4) is 6.07 Å². The molecule has 21 heavy (non-hydrogen) atoms. The Labute approximate surface area is 122 Å². The topological polar surface area (TPSA) is 93.5 Å². The molecule has 0 unspecified atom stereocenters. The van der Waals surface area contributed by atoms with Gasteiger partial charge in [-0.2, -0.15) is 5.26 Å². The molecule has 6 nitrogen and oxygen atoms in total. The number of methoxy groups -OCH3 is 2. The van der Waals surface area contributed by atoms with E-state index in [0.717, 1.165) is 14.2 Å². The summed E-state index contributed by atoms with van der Waals surface area (Å²) in [5.74, 6) is -3.45. The third kappa shape index (κ3) is 3.89. The van der Waals surface area contributed by atoms with Crippen molar-refractivity contribution in [1.29, 1.82) is 5.26 Å². The van der Waals surface area contributed by atoms with E-state index < -0.39 is 23.8 Å². The molecule has 1 aromatic rings. The summed E-state index contributed by atoms with van der Waals surface area (Å²) in [6, 6.07) is 8.28. The molecule has 1 aromatic carbocycles. The van der Waals surface area contributed by atoms with E-state index in [1.54, 1.807) is 24.3 Å². The standard InChI is InChI=1S/C15H15NO5/c1-20-14(18)13(15(19)21-2)12(7-8-17)11-5-3-10(9-16)4-6-11/h3-6,8,12-13H,7H2,1-2H3/t12-/m1/s1. The molecular weight excluding hydrogens is 274 g/mol. The number of aldehydes is 1. The van der Waals surface area contributed by atoms with Crippen molar-refractivity contribution in [3.63, 3.8) is 0 Å². The Hall–Kier alpha value is -2.68. The van der Waals surface area contributed by atoms with Crippen LogP contribution in [-0.4, -0.2) is 32.4 Å². The Morgan fingerprint density at radius 1 is 1.19 bits per heavy atom. The van der Waals surface area contributed by atoms with Crippen LogP contribution >= 0.6 is 0 Å². The van der Waals surface area contributed by atoms with Crippen LogP contribution < -0.4 is 0 Å². The number of ether oxygens (including phenoxy) is 2. The van der Waals surface area contributed by atoms with Crippen molar-refractivity contribution in [1.82, 2.24) is 0 Å². The molecule has 0 aliphatic heterocycles. The molecule has 0 fully saturated rings. The summed E-state index contributed by atoms with van der Waals surface area (Å²) in [4.78, 5) is 34.5. The van der Waals surface area contributed by atoms with Crippen LogP contribution in [0.25, 0.3) is 0 Å². The molecule has 0 N–H and O–H groups in total. The van der Waals surface area contributed by atoms with Gasteiger partial charge in [0.05, 0.1) is 25.9 Å². The zero-order valence-electron chi connectivity index (χ0n) is 11.7. The zero-order valence-corrected chi connectivity index (χ0v) is 11.7. The fourth-order valence-corrected chi connectivity index (χ4v) is 2.05. The Bertz CT molecular complexity index is 542. The number of hydrogen-bond acceptors (Lipinski definition) is 6. The molecule has 0 heterocycles. The molecule has 6 heteroatoms. The van der Waals surface area contributed by atoms with Gasteiger partial charge in [-0.05, 0) is 17.7 Å². The number of nitriles is 1. The molecule has 0 aromatic heterocycles. The van der Waals surface area contributed by atoms with Gasteiger partial charge in [-0.15, -0.1) is 0 Å². The third-order valence-electron chi connectivity index (χ3n) is 3.13. The fraction of sp³-hybridized carbons (Fsp3) is 0.333. The first-order valence-electron chi connectivity index (χ1n) is 6.18. The van der Waals surface area contributed by atoms with E-state index >= 15 is 0 Å². The predicted octanol–water partition coefficient (Wildman–Crippen LogP) is 1.19. The van der Waals surface area contributed by atoms with E-state index in [2.05, 4.69) is 9.47 Å². The monoisotopic (exact) mass is 289 g/mol. The van der Waals surface area contributed by atoms with E-state index in [4.69, 9.17) is 5.26 Å². The Morgan fingerprint density at radius 2 is 1.71 bits per heavy atom. The average molecular weight is 289 g/mol. The second kappa shape index (κ2) is 7.80. The van der Waals surface area contributed by atoms with Crippen LogP contribution in [0.4, 0.5) is 0 Å². The molecule has 0 saturated carbocycles. The first kappa shape index (κ1) is 16.4. The highest BCUT2D eigenvalue weighted by molar-refractivity contribution is 5.96. The number of esters is 2. The molecule has 0 saturated heterocycles. The van der Waals surface area contributed by atoms with Gasteiger partial charge in [-0.3, -0.25) is 9.59 Å². The van der Waals surface area contributed by atoms with E-state index in [1.807, 2.05) is 6.07 Å². The smallest absolute Gasteiger partial charge is 0.320 e. The van der Waals surface area contributed by atoms with Crippen molar-refractivity contribution in [2.24, 2.45) is 5.92 Å². The van der Waals surface area contributed by atoms with Gasteiger partial charge in [0.15, 0.2) is 5.92 Å². The minimum absolute atomic E-state index is 0.0409. The predicted molar refractivity (Wildman–Crippen MR) is 72.1 cm³/mol. The lowest BCUT2D eigenvalue weighted by Gasteiger charge is -2.22. The van der Waals surface area contributed by atoms with Crippen LogP contribution in [0, 0.1) is 17.2 Å². The minimum atomic E-state index is -1.22. The summed E-state index contributed by atoms with van der Waals surface area (Å²) in [5, 5.41) is 8.78. The van der Waals surface area contributed by atoms with E-state index in [9.17, 15) is 14.4 Å². The molecule has 0 aliphatic carbocycles. The van der Waals surface area contributed by atoms with Gasteiger partial charge in [-0.1, -0.05) is 12.1 Å². The van der Waals surface area contributed by atoms with Crippen molar-refractivity contribution < 1.29 is 23.9 Å². The SMILES string of the molecule is COC(=O)C(C(=O)OC)[C@H](CC=O)c1ccc(C#N)cc1. The number of carbonyl (C=O) groups excluding carboxylic acids is 3. The van der Waals surface area contributed by atoms with Crippen molar-refractivity contribution in [2.45, 2.75) is 12.3 Å². The second-order valence-electron chi connectivity index (χ2n) is 4.27. The van der Waals surface area contributed by atoms with E-state index in [-0.39, 0.29) is 6.42 Å². The number of hydrogen-bond donors (Lipinski definition) is 0. The summed E-state index contributed by atoms with van der Waals surface area (Å²) in [5.41, 5.74) is 1.03. The second-order valence-corrected chi connectivity index (χ2v) is 4.27. The Morgan fingerprint density at radius 3 is 2.10 bits per heavy atom. The van der Waals surface area contributed by atoms with Gasteiger partial charge in [0.2, 0.25) is 0 Å². The molecule has 0 amide bonds. The highest BCUT2D eigenvalue weighted by Gasteiger charge is 2.37. The maximum Gasteiger partial charge on any atom is 0.320 e. The molecule has 110 valence electrons.